The number of aliphatic imine (C=N–C) groups is 1. The third-order valence-electron chi connectivity index (χ3n) is 5.38. The summed E-state index contributed by atoms with van der Waals surface area (Å²) in [6, 6.07) is 8.68. The van der Waals surface area contributed by atoms with Gasteiger partial charge >= 0.3 is 0 Å². The molecule has 1 atom stereocenters. The zero-order valence-corrected chi connectivity index (χ0v) is 19.7. The van der Waals surface area contributed by atoms with E-state index >= 15 is 0 Å². The van der Waals surface area contributed by atoms with E-state index in [-0.39, 0.29) is 24.0 Å². The van der Waals surface area contributed by atoms with Crippen molar-refractivity contribution in [2.75, 3.05) is 32.8 Å². The van der Waals surface area contributed by atoms with Crippen LogP contribution < -0.4 is 5.32 Å². The Morgan fingerprint density at radius 1 is 1.18 bits per heavy atom. The van der Waals surface area contributed by atoms with Gasteiger partial charge in [-0.3, -0.25) is 0 Å². The molecule has 1 aromatic carbocycles. The number of likely N-dealkylation sites (tertiary alicyclic amines) is 1. The monoisotopic (exact) mass is 501 g/mol. The van der Waals surface area contributed by atoms with E-state index in [0.29, 0.717) is 19.3 Å². The summed E-state index contributed by atoms with van der Waals surface area (Å²) in [6.07, 6.45) is 4.95. The highest BCUT2D eigenvalue weighted by Gasteiger charge is 2.19. The standard InChI is InChI=1S/C22H35N3O2.HI/c1-3-23-22(25-12-4-5-18(2)16-25)24-15-19-6-8-20(9-7-19)17-27-21-10-13-26-14-11-21;/h6-9,18,21H,3-5,10-17H2,1-2H3,(H,23,24);1H. The third kappa shape index (κ3) is 7.52. The Labute approximate surface area is 187 Å². The van der Waals surface area contributed by atoms with Crippen molar-refractivity contribution in [3.05, 3.63) is 35.4 Å². The van der Waals surface area contributed by atoms with E-state index in [1.807, 2.05) is 0 Å². The molecule has 0 aromatic heterocycles. The van der Waals surface area contributed by atoms with Gasteiger partial charge in [-0.1, -0.05) is 31.2 Å². The molecule has 3 rings (SSSR count). The van der Waals surface area contributed by atoms with Crippen LogP contribution in [-0.2, 0) is 22.6 Å². The molecule has 158 valence electrons. The lowest BCUT2D eigenvalue weighted by Crippen LogP contribution is -2.46. The van der Waals surface area contributed by atoms with Crippen molar-refractivity contribution in [2.45, 2.75) is 58.8 Å². The van der Waals surface area contributed by atoms with Gasteiger partial charge in [-0.2, -0.15) is 0 Å². The molecule has 1 N–H and O–H groups in total. The van der Waals surface area contributed by atoms with Crippen molar-refractivity contribution in [1.29, 1.82) is 0 Å². The van der Waals surface area contributed by atoms with Gasteiger partial charge in [-0.15, -0.1) is 24.0 Å². The smallest absolute Gasteiger partial charge is 0.194 e. The quantitative estimate of drug-likeness (QED) is 0.361. The number of rotatable bonds is 6. The van der Waals surface area contributed by atoms with Crippen LogP contribution in [0.25, 0.3) is 0 Å². The number of benzene rings is 1. The van der Waals surface area contributed by atoms with Crippen LogP contribution >= 0.6 is 24.0 Å². The van der Waals surface area contributed by atoms with Crippen molar-refractivity contribution in [1.82, 2.24) is 10.2 Å². The maximum atomic E-state index is 6.00. The minimum absolute atomic E-state index is 0. The van der Waals surface area contributed by atoms with Crippen LogP contribution in [0.1, 0.15) is 50.7 Å². The average Bonchev–Trinajstić information content (AvgIpc) is 2.71. The maximum absolute atomic E-state index is 6.00. The minimum atomic E-state index is 0. The fraction of sp³-hybridized carbons (Fsp3) is 0.682. The number of halogens is 1. The van der Waals surface area contributed by atoms with E-state index in [9.17, 15) is 0 Å². The lowest BCUT2D eigenvalue weighted by Gasteiger charge is -2.33. The highest BCUT2D eigenvalue weighted by atomic mass is 127. The molecular weight excluding hydrogens is 465 g/mol. The van der Waals surface area contributed by atoms with Crippen molar-refractivity contribution in [3.63, 3.8) is 0 Å². The number of hydrogen-bond donors (Lipinski definition) is 1. The molecule has 1 unspecified atom stereocenters. The number of guanidine groups is 1. The molecule has 1 aromatic rings. The van der Waals surface area contributed by atoms with Gasteiger partial charge in [0, 0.05) is 32.8 Å². The van der Waals surface area contributed by atoms with Crippen LogP contribution in [0.2, 0.25) is 0 Å². The fourth-order valence-corrected chi connectivity index (χ4v) is 3.77. The van der Waals surface area contributed by atoms with Gasteiger partial charge in [0.1, 0.15) is 0 Å². The third-order valence-corrected chi connectivity index (χ3v) is 5.38. The highest BCUT2D eigenvalue weighted by Crippen LogP contribution is 2.16. The summed E-state index contributed by atoms with van der Waals surface area (Å²) in [5.41, 5.74) is 2.47. The van der Waals surface area contributed by atoms with E-state index in [1.54, 1.807) is 0 Å². The van der Waals surface area contributed by atoms with Gasteiger partial charge in [-0.25, -0.2) is 4.99 Å². The molecule has 0 radical (unpaired) electrons. The Morgan fingerprint density at radius 2 is 1.89 bits per heavy atom. The second-order valence-corrected chi connectivity index (χ2v) is 7.80. The van der Waals surface area contributed by atoms with E-state index in [0.717, 1.165) is 57.6 Å². The average molecular weight is 501 g/mol. The molecule has 2 saturated heterocycles. The van der Waals surface area contributed by atoms with Gasteiger partial charge in [0.2, 0.25) is 0 Å². The Kier molecular flexibility index (Phi) is 10.6. The Bertz CT molecular complexity index is 588. The topological polar surface area (TPSA) is 46.1 Å². The van der Waals surface area contributed by atoms with Crippen LogP contribution in [0.4, 0.5) is 0 Å². The predicted octanol–water partition coefficient (Wildman–Crippen LogP) is 4.20. The molecule has 6 heteroatoms. The first-order chi connectivity index (χ1) is 13.2. The largest absolute Gasteiger partial charge is 0.381 e. The SMILES string of the molecule is CCNC(=NCc1ccc(COC2CCOCC2)cc1)N1CCCC(C)C1.I. The molecule has 0 saturated carbocycles. The predicted molar refractivity (Wildman–Crippen MR) is 125 cm³/mol. The summed E-state index contributed by atoms with van der Waals surface area (Å²) >= 11 is 0. The summed E-state index contributed by atoms with van der Waals surface area (Å²) in [5.74, 6) is 1.80. The maximum Gasteiger partial charge on any atom is 0.194 e. The summed E-state index contributed by atoms with van der Waals surface area (Å²) in [6.45, 7) is 10.6. The van der Waals surface area contributed by atoms with Gasteiger partial charge in [0.25, 0.3) is 0 Å². The van der Waals surface area contributed by atoms with E-state index in [2.05, 4.69) is 48.3 Å². The number of nitrogens with one attached hydrogen (secondary N) is 1. The Balaban J connectivity index is 0.00000280. The van der Waals surface area contributed by atoms with Gasteiger partial charge < -0.3 is 19.7 Å². The van der Waals surface area contributed by atoms with Crippen LogP contribution in [0.3, 0.4) is 0 Å². The number of ether oxygens (including phenoxy) is 2. The van der Waals surface area contributed by atoms with E-state index in [1.165, 1.54) is 24.0 Å². The minimum Gasteiger partial charge on any atom is -0.381 e. The number of nitrogens with zero attached hydrogens (tertiary/aromatic N) is 2. The second kappa shape index (κ2) is 12.6. The van der Waals surface area contributed by atoms with Crippen molar-refractivity contribution in [2.24, 2.45) is 10.9 Å². The first-order valence-electron chi connectivity index (χ1n) is 10.5. The molecule has 2 aliphatic rings. The first-order valence-corrected chi connectivity index (χ1v) is 10.5. The second-order valence-electron chi connectivity index (χ2n) is 7.80. The number of piperidine rings is 1. The van der Waals surface area contributed by atoms with Crippen molar-refractivity contribution in [3.8, 4) is 0 Å². The van der Waals surface area contributed by atoms with Gasteiger partial charge in [0.05, 0.1) is 19.3 Å². The summed E-state index contributed by atoms with van der Waals surface area (Å²) in [5, 5.41) is 3.46. The number of hydrogen-bond acceptors (Lipinski definition) is 3. The molecule has 0 aliphatic carbocycles. The fourth-order valence-electron chi connectivity index (χ4n) is 3.77. The van der Waals surface area contributed by atoms with E-state index < -0.39 is 0 Å². The van der Waals surface area contributed by atoms with Crippen LogP contribution in [0.15, 0.2) is 29.3 Å². The molecule has 0 spiro atoms. The molecule has 2 fully saturated rings. The van der Waals surface area contributed by atoms with Crippen molar-refractivity contribution < 1.29 is 9.47 Å². The van der Waals surface area contributed by atoms with Crippen LogP contribution in [-0.4, -0.2) is 49.8 Å². The summed E-state index contributed by atoms with van der Waals surface area (Å²) in [7, 11) is 0. The first kappa shape index (κ1) is 23.4. The Morgan fingerprint density at radius 3 is 2.57 bits per heavy atom. The molecule has 2 aliphatic heterocycles. The van der Waals surface area contributed by atoms with Gasteiger partial charge in [0.15, 0.2) is 5.96 Å². The normalized spacial score (nSPS) is 21.3. The van der Waals surface area contributed by atoms with Crippen LogP contribution in [0, 0.1) is 5.92 Å². The highest BCUT2D eigenvalue weighted by molar-refractivity contribution is 14.0. The summed E-state index contributed by atoms with van der Waals surface area (Å²) < 4.78 is 11.4. The lowest BCUT2D eigenvalue weighted by atomic mass is 10.0. The molecule has 2 heterocycles. The zero-order valence-electron chi connectivity index (χ0n) is 17.4. The summed E-state index contributed by atoms with van der Waals surface area (Å²) in [4.78, 5) is 7.29. The van der Waals surface area contributed by atoms with Gasteiger partial charge in [-0.05, 0) is 49.7 Å². The molecule has 0 bridgehead atoms. The lowest BCUT2D eigenvalue weighted by molar-refractivity contribution is -0.0390. The molecule has 28 heavy (non-hydrogen) atoms. The van der Waals surface area contributed by atoms with Crippen molar-refractivity contribution >= 4 is 29.9 Å². The molecule has 0 amide bonds. The molecular formula is C22H36IN3O2. The van der Waals surface area contributed by atoms with Crippen LogP contribution in [0.5, 0.6) is 0 Å². The van der Waals surface area contributed by atoms with E-state index in [4.69, 9.17) is 14.5 Å². The zero-order chi connectivity index (χ0) is 18.9. The Hall–Kier alpha value is -0.860. The molecule has 5 nitrogen and oxygen atoms in total.